The van der Waals surface area contributed by atoms with Gasteiger partial charge in [-0.15, -0.1) is 0 Å². The smallest absolute Gasteiger partial charge is 0.306 e. The zero-order chi connectivity index (χ0) is 46.5. The Bertz CT molecular complexity index is 1430. The summed E-state index contributed by atoms with van der Waals surface area (Å²) in [6.45, 7) is 6.24. The van der Waals surface area contributed by atoms with Crippen LogP contribution in [0.4, 0.5) is 0 Å². The van der Waals surface area contributed by atoms with E-state index in [2.05, 4.69) is 87.6 Å². The highest BCUT2D eigenvalue weighted by atomic mass is 16.6. The van der Waals surface area contributed by atoms with Gasteiger partial charge < -0.3 is 14.2 Å². The molecule has 0 aromatic rings. The van der Waals surface area contributed by atoms with E-state index in [0.29, 0.717) is 12.8 Å². The molecule has 0 N–H and O–H groups in total. The quantitative estimate of drug-likeness (QED) is 0.0200. The van der Waals surface area contributed by atoms with E-state index in [0.717, 1.165) is 89.9 Å². The van der Waals surface area contributed by atoms with Gasteiger partial charge in [0.2, 0.25) is 0 Å². The van der Waals surface area contributed by atoms with E-state index in [1.54, 1.807) is 0 Å². The first kappa shape index (κ1) is 59.5. The van der Waals surface area contributed by atoms with Gasteiger partial charge in [-0.25, -0.2) is 0 Å². The maximum atomic E-state index is 12.8. The monoisotopic (exact) mass is 883 g/mol. The minimum absolute atomic E-state index is 0.129. The lowest BCUT2D eigenvalue weighted by molar-refractivity contribution is -0.166. The van der Waals surface area contributed by atoms with Crippen LogP contribution < -0.4 is 0 Å². The highest BCUT2D eigenvalue weighted by Gasteiger charge is 2.19. The SMILES string of the molecule is CC\C=C/C=C\C=C/C=C\C=C\C=C/CCCCCC(=O)OCC(COC(=O)CC/C=C\C/C=C\CCCCCCCC)OC(=O)CCCCCCCC/C=C\C/C=C\C/C=C\CC. The minimum atomic E-state index is -0.831. The molecule has 1 atom stereocenters. The normalized spacial score (nSPS) is 13.2. The highest BCUT2D eigenvalue weighted by molar-refractivity contribution is 5.71. The second-order valence-electron chi connectivity index (χ2n) is 16.1. The van der Waals surface area contributed by atoms with Crippen LogP contribution in [-0.4, -0.2) is 37.2 Å². The maximum Gasteiger partial charge on any atom is 0.306 e. The summed E-state index contributed by atoms with van der Waals surface area (Å²) in [4.78, 5) is 37.9. The lowest BCUT2D eigenvalue weighted by Crippen LogP contribution is -2.30. The van der Waals surface area contributed by atoms with Crippen molar-refractivity contribution in [3.05, 3.63) is 134 Å². The number of hydrogen-bond acceptors (Lipinski definition) is 6. The van der Waals surface area contributed by atoms with Gasteiger partial charge in [0.25, 0.3) is 0 Å². The second kappa shape index (κ2) is 51.2. The molecule has 64 heavy (non-hydrogen) atoms. The first-order chi connectivity index (χ1) is 31.5. The molecule has 1 unspecified atom stereocenters. The average Bonchev–Trinajstić information content (AvgIpc) is 3.29. The van der Waals surface area contributed by atoms with Gasteiger partial charge in [0.15, 0.2) is 6.10 Å². The molecule has 0 saturated carbocycles. The van der Waals surface area contributed by atoms with Crippen LogP contribution in [0.15, 0.2) is 134 Å². The molecule has 0 spiro atoms. The second-order valence-corrected chi connectivity index (χ2v) is 16.1. The molecule has 0 aliphatic carbocycles. The van der Waals surface area contributed by atoms with Gasteiger partial charge in [-0.3, -0.25) is 14.4 Å². The number of esters is 3. The number of ether oxygens (including phenoxy) is 3. The predicted molar refractivity (Wildman–Crippen MR) is 274 cm³/mol. The summed E-state index contributed by atoms with van der Waals surface area (Å²) in [5.74, 6) is -1.06. The van der Waals surface area contributed by atoms with Gasteiger partial charge in [-0.2, -0.15) is 0 Å². The summed E-state index contributed by atoms with van der Waals surface area (Å²) in [5, 5.41) is 0. The van der Waals surface area contributed by atoms with Crippen molar-refractivity contribution in [3.8, 4) is 0 Å². The molecular formula is C58H90O6. The minimum Gasteiger partial charge on any atom is -0.462 e. The molecule has 6 nitrogen and oxygen atoms in total. The fraction of sp³-hybridized carbons (Fsp3) is 0.569. The van der Waals surface area contributed by atoms with Crippen LogP contribution >= 0.6 is 0 Å². The maximum absolute atomic E-state index is 12.8. The third kappa shape index (κ3) is 48.6. The summed E-state index contributed by atoms with van der Waals surface area (Å²) in [7, 11) is 0. The van der Waals surface area contributed by atoms with Gasteiger partial charge in [-0.1, -0.05) is 219 Å². The molecule has 0 saturated heterocycles. The number of hydrogen-bond donors (Lipinski definition) is 0. The van der Waals surface area contributed by atoms with Crippen LogP contribution in [-0.2, 0) is 28.6 Å². The van der Waals surface area contributed by atoms with E-state index < -0.39 is 6.10 Å². The van der Waals surface area contributed by atoms with Gasteiger partial charge in [-0.05, 0) is 89.9 Å². The van der Waals surface area contributed by atoms with Gasteiger partial charge in [0.1, 0.15) is 13.2 Å². The predicted octanol–water partition coefficient (Wildman–Crippen LogP) is 16.7. The summed E-state index contributed by atoms with van der Waals surface area (Å²) in [5.41, 5.74) is 0. The Labute approximate surface area is 392 Å². The van der Waals surface area contributed by atoms with E-state index >= 15 is 0 Å². The van der Waals surface area contributed by atoms with E-state index in [1.807, 2.05) is 66.8 Å². The highest BCUT2D eigenvalue weighted by Crippen LogP contribution is 2.12. The van der Waals surface area contributed by atoms with Gasteiger partial charge in [0, 0.05) is 19.3 Å². The van der Waals surface area contributed by atoms with E-state index in [1.165, 1.54) is 51.4 Å². The van der Waals surface area contributed by atoms with Crippen LogP contribution in [0.3, 0.4) is 0 Å². The Morgan fingerprint density at radius 2 is 0.719 bits per heavy atom. The Balaban J connectivity index is 4.59. The Kier molecular flexibility index (Phi) is 47.6. The molecular weight excluding hydrogens is 793 g/mol. The molecule has 0 amide bonds. The Morgan fingerprint density at radius 3 is 1.25 bits per heavy atom. The molecule has 0 aliphatic rings. The largest absolute Gasteiger partial charge is 0.462 e. The number of allylic oxidation sites excluding steroid dienone is 22. The van der Waals surface area contributed by atoms with Crippen LogP contribution in [0.25, 0.3) is 0 Å². The van der Waals surface area contributed by atoms with Crippen molar-refractivity contribution < 1.29 is 28.6 Å². The summed E-state index contributed by atoms with van der Waals surface area (Å²) in [6, 6.07) is 0. The van der Waals surface area contributed by atoms with Crippen molar-refractivity contribution >= 4 is 17.9 Å². The van der Waals surface area contributed by atoms with Crippen molar-refractivity contribution in [2.24, 2.45) is 0 Å². The molecule has 0 rings (SSSR count). The summed E-state index contributed by atoms with van der Waals surface area (Å²) in [6.07, 6.45) is 71.5. The molecule has 358 valence electrons. The third-order valence-corrected chi connectivity index (χ3v) is 10.0. The molecule has 0 aromatic heterocycles. The van der Waals surface area contributed by atoms with Crippen LogP contribution in [0.1, 0.15) is 194 Å². The van der Waals surface area contributed by atoms with E-state index in [-0.39, 0.29) is 50.4 Å². The average molecular weight is 883 g/mol. The lowest BCUT2D eigenvalue weighted by Gasteiger charge is -2.18. The first-order valence-corrected chi connectivity index (χ1v) is 25.3. The Morgan fingerprint density at radius 1 is 0.344 bits per heavy atom. The van der Waals surface area contributed by atoms with E-state index in [4.69, 9.17) is 14.2 Å². The number of unbranched alkanes of at least 4 members (excludes halogenated alkanes) is 15. The standard InChI is InChI=1S/C58H90O6/c1-4-7-10-13-16-19-22-25-27-29-31-33-36-39-42-45-48-51-57(60)63-54-55(53-62-56(59)50-47-44-41-38-35-32-24-21-18-15-12-9-6-3)64-58(61)52-49-46-43-40-37-34-30-28-26-23-20-17-14-11-8-5-2/h7-8,10-11,13,16-17,19-20,22,25-29,31-33,35-36,41,44,55H,4-6,9,12,14-15,18,21,23-24,30,34,37-40,42-43,45-54H2,1-3H3/b10-7-,11-8-,16-13-,20-17-,22-19-,27-25-,28-26-,31-29+,35-32-,36-33-,44-41-. The lowest BCUT2D eigenvalue weighted by atomic mass is 10.1. The van der Waals surface area contributed by atoms with Crippen molar-refractivity contribution in [3.63, 3.8) is 0 Å². The van der Waals surface area contributed by atoms with Crippen molar-refractivity contribution in [1.29, 1.82) is 0 Å². The molecule has 6 heteroatoms. The van der Waals surface area contributed by atoms with Crippen LogP contribution in [0.5, 0.6) is 0 Å². The topological polar surface area (TPSA) is 78.9 Å². The van der Waals surface area contributed by atoms with Crippen LogP contribution in [0.2, 0.25) is 0 Å². The zero-order valence-corrected chi connectivity index (χ0v) is 40.7. The molecule has 0 radical (unpaired) electrons. The molecule has 0 aromatic carbocycles. The summed E-state index contributed by atoms with van der Waals surface area (Å²) >= 11 is 0. The van der Waals surface area contributed by atoms with Crippen molar-refractivity contribution in [2.75, 3.05) is 13.2 Å². The number of carbonyl (C=O) groups is 3. The number of rotatable bonds is 43. The number of carbonyl (C=O) groups excluding carboxylic acids is 3. The van der Waals surface area contributed by atoms with Crippen molar-refractivity contribution in [2.45, 2.75) is 200 Å². The fourth-order valence-corrected chi connectivity index (χ4v) is 6.30. The first-order valence-electron chi connectivity index (χ1n) is 25.3. The fourth-order valence-electron chi connectivity index (χ4n) is 6.30. The third-order valence-electron chi connectivity index (χ3n) is 10.0. The summed E-state index contributed by atoms with van der Waals surface area (Å²) < 4.78 is 16.7. The van der Waals surface area contributed by atoms with E-state index in [9.17, 15) is 14.4 Å². The Hall–Kier alpha value is -4.45. The molecule has 0 aliphatic heterocycles. The molecule has 0 bridgehead atoms. The van der Waals surface area contributed by atoms with Crippen molar-refractivity contribution in [1.82, 2.24) is 0 Å². The van der Waals surface area contributed by atoms with Gasteiger partial charge >= 0.3 is 17.9 Å². The van der Waals surface area contributed by atoms with Gasteiger partial charge in [0.05, 0.1) is 0 Å². The molecule has 0 fully saturated rings. The van der Waals surface area contributed by atoms with Crippen LogP contribution in [0, 0.1) is 0 Å². The molecule has 0 heterocycles. The zero-order valence-electron chi connectivity index (χ0n) is 40.7.